The monoisotopic (exact) mass is 798 g/mol. The summed E-state index contributed by atoms with van der Waals surface area (Å²) in [5.41, 5.74) is 16.6. The van der Waals surface area contributed by atoms with Crippen molar-refractivity contribution >= 4 is 30.2 Å². The van der Waals surface area contributed by atoms with Crippen LogP contribution in [0.15, 0.2) is 209 Å². The van der Waals surface area contributed by atoms with Gasteiger partial charge in [0, 0.05) is 32.0 Å². The highest BCUT2D eigenvalue weighted by atomic mass is 32.2. The standard InChI is InChI=1S/C56H38N4S/c1-3-15-45-42(22-14-25-50(45)57-2)37-28-26-36(27-29-37)40-30-32-48-51(34-40)61-52-35-41(31-33-49(52)56(48)46-23-12-10-20-43(46)44-21-11-13-24-47(44)56)55-59-53(38-16-6-4-7-17-38)58-54(60-55)39-18-8-5-9-19-39/h3-35H,2H2,1H3/b15-3-. The van der Waals surface area contributed by atoms with Crippen molar-refractivity contribution in [3.8, 4) is 67.5 Å². The first-order chi connectivity index (χ1) is 30.1. The lowest BCUT2D eigenvalue weighted by Gasteiger charge is -2.40. The minimum atomic E-state index is -0.513. The Kier molecular flexibility index (Phi) is 8.98. The second-order valence-electron chi connectivity index (χ2n) is 15.4. The van der Waals surface area contributed by atoms with Crippen LogP contribution in [0.5, 0.6) is 0 Å². The zero-order valence-electron chi connectivity index (χ0n) is 33.5. The molecule has 288 valence electrons. The van der Waals surface area contributed by atoms with E-state index >= 15 is 0 Å². The van der Waals surface area contributed by atoms with Gasteiger partial charge in [0.1, 0.15) is 0 Å². The van der Waals surface area contributed by atoms with Gasteiger partial charge in [-0.1, -0.05) is 194 Å². The minimum absolute atomic E-state index is 0.513. The van der Waals surface area contributed by atoms with Crippen molar-refractivity contribution in [1.82, 2.24) is 15.0 Å². The summed E-state index contributed by atoms with van der Waals surface area (Å²) in [7, 11) is 0. The zero-order valence-corrected chi connectivity index (χ0v) is 34.3. The molecule has 0 radical (unpaired) electrons. The van der Waals surface area contributed by atoms with Crippen LogP contribution in [0.25, 0.3) is 73.6 Å². The molecular weight excluding hydrogens is 761 g/mol. The molecule has 2 heterocycles. The van der Waals surface area contributed by atoms with E-state index in [4.69, 9.17) is 15.0 Å². The molecule has 0 fully saturated rings. The second-order valence-corrected chi connectivity index (χ2v) is 16.5. The fourth-order valence-corrected chi connectivity index (χ4v) is 10.6. The Balaban J connectivity index is 1.08. The van der Waals surface area contributed by atoms with Gasteiger partial charge in [0.05, 0.1) is 11.1 Å². The van der Waals surface area contributed by atoms with E-state index in [9.17, 15) is 0 Å². The number of allylic oxidation sites excluding steroid dienone is 1. The second kappa shape index (κ2) is 15.0. The molecule has 1 spiro atoms. The number of hydrogen-bond acceptors (Lipinski definition) is 5. The van der Waals surface area contributed by atoms with Crippen molar-refractivity contribution in [1.29, 1.82) is 0 Å². The molecule has 2 aliphatic rings. The Bertz CT molecular complexity index is 3090. The summed E-state index contributed by atoms with van der Waals surface area (Å²) < 4.78 is 0. The number of aliphatic imine (C=N–C) groups is 1. The van der Waals surface area contributed by atoms with Gasteiger partial charge >= 0.3 is 0 Å². The Morgan fingerprint density at radius 2 is 0.918 bits per heavy atom. The average molecular weight is 799 g/mol. The Morgan fingerprint density at radius 3 is 1.49 bits per heavy atom. The first kappa shape index (κ1) is 36.6. The topological polar surface area (TPSA) is 51.0 Å². The van der Waals surface area contributed by atoms with E-state index in [1.807, 2.05) is 67.2 Å². The van der Waals surface area contributed by atoms with Crippen molar-refractivity contribution in [2.24, 2.45) is 4.99 Å². The van der Waals surface area contributed by atoms with Gasteiger partial charge in [-0.3, -0.25) is 4.99 Å². The van der Waals surface area contributed by atoms with Gasteiger partial charge in [-0.2, -0.15) is 0 Å². The molecule has 1 aromatic heterocycles. The van der Waals surface area contributed by atoms with Crippen LogP contribution in [0.2, 0.25) is 0 Å². The molecule has 0 atom stereocenters. The Hall–Kier alpha value is -7.47. The van der Waals surface area contributed by atoms with E-state index in [2.05, 4.69) is 163 Å². The molecule has 0 unspecified atom stereocenters. The van der Waals surface area contributed by atoms with Crippen LogP contribution in [0, 0.1) is 0 Å². The fraction of sp³-hybridized carbons (Fsp3) is 0.0357. The van der Waals surface area contributed by atoms with Crippen LogP contribution in [-0.4, -0.2) is 21.7 Å². The highest BCUT2D eigenvalue weighted by molar-refractivity contribution is 7.99. The van der Waals surface area contributed by atoms with Gasteiger partial charge < -0.3 is 0 Å². The lowest BCUT2D eigenvalue weighted by molar-refractivity contribution is 0.722. The van der Waals surface area contributed by atoms with Crippen LogP contribution in [0.1, 0.15) is 34.7 Å². The molecule has 0 N–H and O–H groups in total. The molecule has 5 heteroatoms. The quantitative estimate of drug-likeness (QED) is 0.151. The van der Waals surface area contributed by atoms with Gasteiger partial charge in [0.15, 0.2) is 17.5 Å². The molecule has 0 bridgehead atoms. The van der Waals surface area contributed by atoms with E-state index in [1.54, 1.807) is 0 Å². The van der Waals surface area contributed by atoms with Gasteiger partial charge in [0.25, 0.3) is 0 Å². The van der Waals surface area contributed by atoms with Crippen molar-refractivity contribution < 1.29 is 0 Å². The highest BCUT2D eigenvalue weighted by Gasteiger charge is 2.50. The molecule has 4 nitrogen and oxygen atoms in total. The maximum absolute atomic E-state index is 5.12. The van der Waals surface area contributed by atoms with E-state index in [-0.39, 0.29) is 0 Å². The molecule has 8 aromatic carbocycles. The van der Waals surface area contributed by atoms with Crippen molar-refractivity contribution in [3.05, 3.63) is 222 Å². The SMILES string of the molecule is C=Nc1cccc(-c2ccc(-c3ccc4c(c3)Sc3cc(-c5nc(-c6ccccc6)nc(-c6ccccc6)n5)ccc3C43c4ccccc4-c4ccccc43)cc2)c1/C=C\C. The van der Waals surface area contributed by atoms with Gasteiger partial charge in [-0.15, -0.1) is 0 Å². The summed E-state index contributed by atoms with van der Waals surface area (Å²) in [6.45, 7) is 5.85. The minimum Gasteiger partial charge on any atom is -0.264 e. The molecule has 0 amide bonds. The lowest BCUT2D eigenvalue weighted by atomic mass is 9.67. The van der Waals surface area contributed by atoms with E-state index in [0.717, 1.165) is 44.6 Å². The fourth-order valence-electron chi connectivity index (χ4n) is 9.30. The van der Waals surface area contributed by atoms with E-state index in [1.165, 1.54) is 48.7 Å². The molecule has 0 saturated heterocycles. The first-order valence-electron chi connectivity index (χ1n) is 20.5. The molecule has 1 aliphatic carbocycles. The van der Waals surface area contributed by atoms with Crippen LogP contribution >= 0.6 is 11.8 Å². The van der Waals surface area contributed by atoms with E-state index in [0.29, 0.717) is 17.5 Å². The Morgan fingerprint density at radius 1 is 0.443 bits per heavy atom. The summed E-state index contributed by atoms with van der Waals surface area (Å²) in [6.07, 6.45) is 4.16. The molecule has 0 saturated carbocycles. The van der Waals surface area contributed by atoms with Crippen molar-refractivity contribution in [2.45, 2.75) is 22.1 Å². The predicted octanol–water partition coefficient (Wildman–Crippen LogP) is 14.4. The third kappa shape index (κ3) is 6.00. The average Bonchev–Trinajstić information content (AvgIpc) is 3.62. The van der Waals surface area contributed by atoms with Gasteiger partial charge in [-0.05, 0) is 87.5 Å². The lowest BCUT2D eigenvalue weighted by Crippen LogP contribution is -2.32. The van der Waals surface area contributed by atoms with Crippen LogP contribution in [0.3, 0.4) is 0 Å². The summed E-state index contributed by atoms with van der Waals surface area (Å²) in [4.78, 5) is 21.9. The molecule has 1 aliphatic heterocycles. The maximum atomic E-state index is 5.12. The smallest absolute Gasteiger partial charge is 0.164 e. The molecule has 9 aromatic rings. The number of aromatic nitrogens is 3. The largest absolute Gasteiger partial charge is 0.264 e. The van der Waals surface area contributed by atoms with Crippen molar-refractivity contribution in [3.63, 3.8) is 0 Å². The Labute approximate surface area is 360 Å². The predicted molar refractivity (Wildman–Crippen MR) is 252 cm³/mol. The first-order valence-corrected chi connectivity index (χ1v) is 21.3. The number of fused-ring (bicyclic) bond motifs is 9. The number of nitrogens with zero attached hydrogens (tertiary/aromatic N) is 4. The molecular formula is C56H38N4S. The summed E-state index contributed by atoms with van der Waals surface area (Å²) in [5.74, 6) is 1.94. The third-order valence-corrected chi connectivity index (χ3v) is 13.1. The number of hydrogen-bond donors (Lipinski definition) is 0. The van der Waals surface area contributed by atoms with E-state index < -0.39 is 5.41 Å². The van der Waals surface area contributed by atoms with Crippen LogP contribution in [-0.2, 0) is 5.41 Å². The molecule has 61 heavy (non-hydrogen) atoms. The van der Waals surface area contributed by atoms with Crippen molar-refractivity contribution in [2.75, 3.05) is 0 Å². The van der Waals surface area contributed by atoms with Crippen LogP contribution in [0.4, 0.5) is 5.69 Å². The number of benzene rings is 8. The van der Waals surface area contributed by atoms with Crippen LogP contribution < -0.4 is 0 Å². The highest BCUT2D eigenvalue weighted by Crippen LogP contribution is 2.62. The van der Waals surface area contributed by atoms with Gasteiger partial charge in [0.2, 0.25) is 0 Å². The summed E-state index contributed by atoms with van der Waals surface area (Å²) >= 11 is 1.83. The van der Waals surface area contributed by atoms with Gasteiger partial charge in [-0.25, -0.2) is 15.0 Å². The third-order valence-electron chi connectivity index (χ3n) is 12.0. The summed E-state index contributed by atoms with van der Waals surface area (Å²) in [5, 5.41) is 0. The summed E-state index contributed by atoms with van der Waals surface area (Å²) in [6, 6.07) is 67.2. The number of rotatable bonds is 7. The zero-order chi connectivity index (χ0) is 40.9. The normalized spacial score (nSPS) is 13.1. The maximum Gasteiger partial charge on any atom is 0.164 e. The molecule has 11 rings (SSSR count).